The molecule has 1 saturated heterocycles. The largest absolute Gasteiger partial charge is 0.354 e. The third kappa shape index (κ3) is 4.92. The van der Waals surface area contributed by atoms with Crippen LogP contribution in [-0.2, 0) is 6.42 Å². The number of rotatable bonds is 5. The Kier molecular flexibility index (Phi) is 5.87. The molecule has 1 fully saturated rings. The summed E-state index contributed by atoms with van der Waals surface area (Å²) in [6.45, 7) is 4.58. The molecule has 1 aromatic carbocycles. The summed E-state index contributed by atoms with van der Waals surface area (Å²) >= 11 is 5.98. The molecule has 0 atom stereocenters. The van der Waals surface area contributed by atoms with Crippen molar-refractivity contribution in [2.75, 3.05) is 25.0 Å². The van der Waals surface area contributed by atoms with E-state index >= 15 is 0 Å². The fourth-order valence-electron chi connectivity index (χ4n) is 2.94. The van der Waals surface area contributed by atoms with Gasteiger partial charge in [0.1, 0.15) is 0 Å². The summed E-state index contributed by atoms with van der Waals surface area (Å²) in [5.74, 6) is 1.26. The van der Waals surface area contributed by atoms with E-state index in [1.807, 2.05) is 29.2 Å². The van der Waals surface area contributed by atoms with E-state index in [0.29, 0.717) is 24.0 Å². The summed E-state index contributed by atoms with van der Waals surface area (Å²) in [7, 11) is 0. The van der Waals surface area contributed by atoms with Gasteiger partial charge in [-0.25, -0.2) is 9.97 Å². The zero-order chi connectivity index (χ0) is 17.6. The number of piperidine rings is 1. The number of likely N-dealkylation sites (tertiary alicyclic amines) is 1. The number of hydrogen-bond donors (Lipinski definition) is 1. The van der Waals surface area contributed by atoms with Gasteiger partial charge in [-0.2, -0.15) is 0 Å². The number of halogens is 1. The lowest BCUT2D eigenvalue weighted by molar-refractivity contribution is 0.0696. The van der Waals surface area contributed by atoms with Gasteiger partial charge in [-0.05, 0) is 42.9 Å². The van der Waals surface area contributed by atoms with E-state index in [0.717, 1.165) is 42.9 Å². The Hall–Kier alpha value is -2.14. The lowest BCUT2D eigenvalue weighted by Gasteiger charge is -2.30. The van der Waals surface area contributed by atoms with E-state index in [4.69, 9.17) is 11.6 Å². The smallest absolute Gasteiger partial charge is 0.256 e. The van der Waals surface area contributed by atoms with E-state index in [1.165, 1.54) is 0 Å². The number of carbonyl (C=O) groups is 1. The fourth-order valence-corrected chi connectivity index (χ4v) is 3.15. The molecular formula is C19H23ClN4O. The highest BCUT2D eigenvalue weighted by molar-refractivity contribution is 6.30. The Balaban J connectivity index is 1.51. The second-order valence-corrected chi connectivity index (χ2v) is 7.01. The van der Waals surface area contributed by atoms with Crippen molar-refractivity contribution in [1.29, 1.82) is 0 Å². The Bertz CT molecular complexity index is 712. The Labute approximate surface area is 153 Å². The molecule has 5 nitrogen and oxygen atoms in total. The molecule has 1 aliphatic heterocycles. The van der Waals surface area contributed by atoms with Crippen LogP contribution in [0.2, 0.25) is 5.02 Å². The van der Waals surface area contributed by atoms with Gasteiger partial charge in [0, 0.05) is 37.1 Å². The zero-order valence-corrected chi connectivity index (χ0v) is 15.2. The van der Waals surface area contributed by atoms with Crippen molar-refractivity contribution in [2.45, 2.75) is 26.2 Å². The third-order valence-corrected chi connectivity index (χ3v) is 4.79. The van der Waals surface area contributed by atoms with Gasteiger partial charge in [-0.15, -0.1) is 0 Å². The van der Waals surface area contributed by atoms with Crippen molar-refractivity contribution in [3.8, 4) is 0 Å². The molecule has 0 aliphatic carbocycles. The second kappa shape index (κ2) is 8.30. The van der Waals surface area contributed by atoms with Gasteiger partial charge in [0.05, 0.1) is 5.56 Å². The molecular weight excluding hydrogens is 336 g/mol. The second-order valence-electron chi connectivity index (χ2n) is 6.58. The first-order valence-corrected chi connectivity index (χ1v) is 9.09. The number of benzene rings is 1. The summed E-state index contributed by atoms with van der Waals surface area (Å²) in [5, 5.41) is 3.91. The number of nitrogens with zero attached hydrogens (tertiary/aromatic N) is 3. The van der Waals surface area contributed by atoms with Crippen molar-refractivity contribution >= 4 is 23.5 Å². The highest BCUT2D eigenvalue weighted by Crippen LogP contribution is 2.18. The molecule has 0 bridgehead atoms. The van der Waals surface area contributed by atoms with Gasteiger partial charge in [0.2, 0.25) is 5.95 Å². The monoisotopic (exact) mass is 358 g/mol. The normalized spacial score (nSPS) is 15.2. The maximum absolute atomic E-state index is 12.5. The van der Waals surface area contributed by atoms with E-state index < -0.39 is 0 Å². The molecule has 3 rings (SSSR count). The minimum absolute atomic E-state index is 0.0253. The van der Waals surface area contributed by atoms with Gasteiger partial charge in [0.25, 0.3) is 5.91 Å². The Morgan fingerprint density at radius 2 is 2.00 bits per heavy atom. The number of anilines is 1. The highest BCUT2D eigenvalue weighted by atomic mass is 35.5. The van der Waals surface area contributed by atoms with Gasteiger partial charge in [0.15, 0.2) is 0 Å². The predicted octanol–water partition coefficient (Wildman–Crippen LogP) is 3.66. The Morgan fingerprint density at radius 3 is 2.68 bits per heavy atom. The minimum Gasteiger partial charge on any atom is -0.354 e. The van der Waals surface area contributed by atoms with E-state index in [2.05, 4.69) is 22.2 Å². The first-order chi connectivity index (χ1) is 12.1. The minimum atomic E-state index is 0.0253. The van der Waals surface area contributed by atoms with Crippen LogP contribution in [0.15, 0.2) is 36.7 Å². The highest BCUT2D eigenvalue weighted by Gasteiger charge is 2.21. The molecule has 6 heteroatoms. The quantitative estimate of drug-likeness (QED) is 0.886. The molecule has 0 radical (unpaired) electrons. The van der Waals surface area contributed by atoms with E-state index in [-0.39, 0.29) is 5.91 Å². The van der Waals surface area contributed by atoms with Crippen molar-refractivity contribution in [3.63, 3.8) is 0 Å². The van der Waals surface area contributed by atoms with Crippen molar-refractivity contribution in [2.24, 2.45) is 5.92 Å². The van der Waals surface area contributed by atoms with Crippen molar-refractivity contribution in [3.05, 3.63) is 52.8 Å². The standard InChI is InChI=1S/C19H23ClN4O/c1-14-6-9-24(10-7-14)18(25)16-12-22-19(23-13-16)21-8-5-15-3-2-4-17(20)11-15/h2-4,11-14H,5-10H2,1H3,(H,21,22,23). The average Bonchev–Trinajstić information content (AvgIpc) is 2.62. The first-order valence-electron chi connectivity index (χ1n) is 8.71. The van der Waals surface area contributed by atoms with Crippen LogP contribution in [0.3, 0.4) is 0 Å². The molecule has 2 aromatic rings. The van der Waals surface area contributed by atoms with E-state index in [9.17, 15) is 4.79 Å². The number of nitrogens with one attached hydrogen (secondary N) is 1. The van der Waals surface area contributed by atoms with Gasteiger partial charge in [-0.1, -0.05) is 30.7 Å². The van der Waals surface area contributed by atoms with Crippen LogP contribution >= 0.6 is 11.6 Å². The summed E-state index contributed by atoms with van der Waals surface area (Å²) in [6.07, 6.45) is 6.17. The summed E-state index contributed by atoms with van der Waals surface area (Å²) in [4.78, 5) is 22.9. The zero-order valence-electron chi connectivity index (χ0n) is 14.4. The van der Waals surface area contributed by atoms with Crippen LogP contribution in [0.5, 0.6) is 0 Å². The van der Waals surface area contributed by atoms with Crippen molar-refractivity contribution < 1.29 is 4.79 Å². The molecule has 0 spiro atoms. The first kappa shape index (κ1) is 17.7. The number of hydrogen-bond acceptors (Lipinski definition) is 4. The summed E-state index contributed by atoms with van der Waals surface area (Å²) in [6, 6.07) is 7.79. The molecule has 1 aliphatic rings. The van der Waals surface area contributed by atoms with E-state index in [1.54, 1.807) is 12.4 Å². The van der Waals surface area contributed by atoms with Gasteiger partial charge >= 0.3 is 0 Å². The van der Waals surface area contributed by atoms with Crippen LogP contribution in [0.4, 0.5) is 5.95 Å². The third-order valence-electron chi connectivity index (χ3n) is 4.56. The molecule has 0 saturated carbocycles. The maximum Gasteiger partial charge on any atom is 0.256 e. The van der Waals surface area contributed by atoms with Crippen LogP contribution in [-0.4, -0.2) is 40.4 Å². The fraction of sp³-hybridized carbons (Fsp3) is 0.421. The maximum atomic E-state index is 12.5. The topological polar surface area (TPSA) is 58.1 Å². The van der Waals surface area contributed by atoms with Gasteiger partial charge in [-0.3, -0.25) is 4.79 Å². The summed E-state index contributed by atoms with van der Waals surface area (Å²) < 4.78 is 0. The number of carbonyl (C=O) groups excluding carboxylic acids is 1. The lowest BCUT2D eigenvalue weighted by atomic mass is 9.99. The molecule has 1 amide bonds. The predicted molar refractivity (Wildman–Crippen MR) is 100.0 cm³/mol. The SMILES string of the molecule is CC1CCN(C(=O)c2cnc(NCCc3cccc(Cl)c3)nc2)CC1. The summed E-state index contributed by atoms with van der Waals surface area (Å²) in [5.41, 5.74) is 1.71. The molecule has 0 unspecified atom stereocenters. The molecule has 25 heavy (non-hydrogen) atoms. The molecule has 132 valence electrons. The number of amides is 1. The lowest BCUT2D eigenvalue weighted by Crippen LogP contribution is -2.38. The number of aromatic nitrogens is 2. The van der Waals surface area contributed by atoms with Gasteiger partial charge < -0.3 is 10.2 Å². The molecule has 1 aromatic heterocycles. The molecule has 1 N–H and O–H groups in total. The Morgan fingerprint density at radius 1 is 1.28 bits per heavy atom. The van der Waals surface area contributed by atoms with Crippen LogP contribution in [0.25, 0.3) is 0 Å². The van der Waals surface area contributed by atoms with Crippen LogP contribution in [0, 0.1) is 5.92 Å². The van der Waals surface area contributed by atoms with Crippen LogP contribution in [0.1, 0.15) is 35.7 Å². The average molecular weight is 359 g/mol. The molecule has 2 heterocycles. The van der Waals surface area contributed by atoms with Crippen LogP contribution < -0.4 is 5.32 Å². The van der Waals surface area contributed by atoms with Crippen molar-refractivity contribution in [1.82, 2.24) is 14.9 Å².